The standard InChI is InChI=1S/C28H29N3O6/c1-18(34-2)36-24-9-5-10-25-21(24)17-26(37-25)28(33)30-15-6-16-35-20-13-11-19(12-14-20)27(32)31-23-8-4-3-7-22(23)29/h3-5,7-14,17-18H,6,15-16,29H2,1-2H3,(H,30,33)(H,31,32). The molecule has 4 aromatic rings. The number of para-hydroxylation sites is 2. The number of hydrogen-bond acceptors (Lipinski definition) is 7. The number of amides is 2. The van der Waals surface area contributed by atoms with Crippen molar-refractivity contribution in [2.75, 3.05) is 31.3 Å². The van der Waals surface area contributed by atoms with Crippen LogP contribution >= 0.6 is 0 Å². The summed E-state index contributed by atoms with van der Waals surface area (Å²) in [5.41, 5.74) is 7.97. The molecule has 3 aromatic carbocycles. The largest absolute Gasteiger partial charge is 0.494 e. The topological polar surface area (TPSA) is 125 Å². The molecular formula is C28H29N3O6. The van der Waals surface area contributed by atoms with Crippen LogP contribution in [-0.4, -0.2) is 38.4 Å². The van der Waals surface area contributed by atoms with Crippen molar-refractivity contribution in [3.05, 3.63) is 84.1 Å². The van der Waals surface area contributed by atoms with Gasteiger partial charge in [0.25, 0.3) is 11.8 Å². The molecule has 0 aliphatic heterocycles. The highest BCUT2D eigenvalue weighted by atomic mass is 16.7. The monoisotopic (exact) mass is 503 g/mol. The first-order valence-corrected chi connectivity index (χ1v) is 11.8. The van der Waals surface area contributed by atoms with Crippen molar-refractivity contribution in [1.82, 2.24) is 5.32 Å². The Bertz CT molecular complexity index is 1370. The molecule has 0 radical (unpaired) electrons. The number of fused-ring (bicyclic) bond motifs is 1. The van der Waals surface area contributed by atoms with Crippen molar-refractivity contribution >= 4 is 34.2 Å². The van der Waals surface area contributed by atoms with Crippen molar-refractivity contribution in [2.45, 2.75) is 19.6 Å². The molecule has 37 heavy (non-hydrogen) atoms. The fourth-order valence-corrected chi connectivity index (χ4v) is 3.53. The zero-order valence-corrected chi connectivity index (χ0v) is 20.7. The van der Waals surface area contributed by atoms with Gasteiger partial charge >= 0.3 is 0 Å². The molecule has 0 aliphatic rings. The quantitative estimate of drug-likeness (QED) is 0.152. The van der Waals surface area contributed by atoms with Crippen LogP contribution in [0.4, 0.5) is 11.4 Å². The second-order valence-corrected chi connectivity index (χ2v) is 8.22. The first-order chi connectivity index (χ1) is 17.9. The number of nitrogen functional groups attached to an aromatic ring is 1. The number of carbonyl (C=O) groups is 2. The smallest absolute Gasteiger partial charge is 0.287 e. The molecule has 2 amide bonds. The Balaban J connectivity index is 1.22. The molecule has 1 atom stereocenters. The molecule has 0 aliphatic carbocycles. The summed E-state index contributed by atoms with van der Waals surface area (Å²) in [5.74, 6) is 0.817. The fourth-order valence-electron chi connectivity index (χ4n) is 3.53. The Morgan fingerprint density at radius 1 is 1.00 bits per heavy atom. The molecule has 1 heterocycles. The molecule has 4 rings (SSSR count). The van der Waals surface area contributed by atoms with E-state index in [1.165, 1.54) is 0 Å². The SMILES string of the molecule is COC(C)Oc1cccc2oc(C(=O)NCCCOc3ccc(C(=O)Nc4ccccc4N)cc3)cc12. The van der Waals surface area contributed by atoms with Gasteiger partial charge in [0.15, 0.2) is 12.1 Å². The summed E-state index contributed by atoms with van der Waals surface area (Å²) < 4.78 is 22.3. The summed E-state index contributed by atoms with van der Waals surface area (Å²) in [6.07, 6.45) is 0.154. The van der Waals surface area contributed by atoms with Gasteiger partial charge in [-0.25, -0.2) is 0 Å². The van der Waals surface area contributed by atoms with Crippen LogP contribution in [0.25, 0.3) is 11.0 Å². The van der Waals surface area contributed by atoms with Crippen molar-refractivity contribution in [1.29, 1.82) is 0 Å². The molecule has 9 heteroatoms. The molecule has 0 saturated carbocycles. The van der Waals surface area contributed by atoms with Crippen LogP contribution in [0.15, 0.2) is 77.2 Å². The number of anilines is 2. The lowest BCUT2D eigenvalue weighted by Crippen LogP contribution is -2.25. The zero-order valence-electron chi connectivity index (χ0n) is 20.7. The second kappa shape index (κ2) is 12.0. The van der Waals surface area contributed by atoms with E-state index in [2.05, 4.69) is 10.6 Å². The highest BCUT2D eigenvalue weighted by Gasteiger charge is 2.16. The van der Waals surface area contributed by atoms with Gasteiger partial charge < -0.3 is 35.0 Å². The van der Waals surface area contributed by atoms with Crippen LogP contribution in [0.2, 0.25) is 0 Å². The Kier molecular flexibility index (Phi) is 8.27. The molecule has 1 aromatic heterocycles. The van der Waals surface area contributed by atoms with Gasteiger partial charge in [0.1, 0.15) is 17.1 Å². The number of nitrogens with two attached hydrogens (primary N) is 1. The van der Waals surface area contributed by atoms with Crippen LogP contribution < -0.4 is 25.8 Å². The summed E-state index contributed by atoms with van der Waals surface area (Å²) in [6.45, 7) is 2.57. The number of furan rings is 1. The minimum atomic E-state index is -0.431. The third kappa shape index (κ3) is 6.59. The Hall–Kier alpha value is -4.50. The van der Waals surface area contributed by atoms with Gasteiger partial charge in [-0.1, -0.05) is 18.2 Å². The minimum absolute atomic E-state index is 0.197. The maximum atomic E-state index is 12.5. The highest BCUT2D eigenvalue weighted by molar-refractivity contribution is 6.05. The number of ether oxygens (including phenoxy) is 3. The predicted octanol–water partition coefficient (Wildman–Crippen LogP) is 4.84. The van der Waals surface area contributed by atoms with Gasteiger partial charge in [-0.3, -0.25) is 9.59 Å². The van der Waals surface area contributed by atoms with E-state index in [0.717, 1.165) is 0 Å². The predicted molar refractivity (Wildman–Crippen MR) is 141 cm³/mol. The first-order valence-electron chi connectivity index (χ1n) is 11.8. The molecule has 9 nitrogen and oxygen atoms in total. The Morgan fingerprint density at radius 2 is 1.78 bits per heavy atom. The number of carbonyl (C=O) groups excluding carboxylic acids is 2. The van der Waals surface area contributed by atoms with Crippen molar-refractivity contribution in [3.8, 4) is 11.5 Å². The van der Waals surface area contributed by atoms with E-state index in [1.807, 2.05) is 0 Å². The van der Waals surface area contributed by atoms with E-state index < -0.39 is 6.29 Å². The minimum Gasteiger partial charge on any atom is -0.494 e. The van der Waals surface area contributed by atoms with Crippen molar-refractivity contribution < 1.29 is 28.2 Å². The van der Waals surface area contributed by atoms with E-state index in [4.69, 9.17) is 24.4 Å². The van der Waals surface area contributed by atoms with Gasteiger partial charge in [-0.05, 0) is 61.9 Å². The number of benzene rings is 3. The average Bonchev–Trinajstić information content (AvgIpc) is 3.35. The molecule has 192 valence electrons. The normalized spacial score (nSPS) is 11.6. The molecule has 0 bridgehead atoms. The third-order valence-electron chi connectivity index (χ3n) is 5.57. The molecule has 0 saturated heterocycles. The van der Waals surface area contributed by atoms with E-state index in [1.54, 1.807) is 86.8 Å². The van der Waals surface area contributed by atoms with Gasteiger partial charge in [0.2, 0.25) is 0 Å². The van der Waals surface area contributed by atoms with Gasteiger partial charge in [0, 0.05) is 25.3 Å². The zero-order chi connectivity index (χ0) is 26.2. The van der Waals surface area contributed by atoms with E-state index in [0.29, 0.717) is 59.0 Å². The highest BCUT2D eigenvalue weighted by Crippen LogP contribution is 2.29. The lowest BCUT2D eigenvalue weighted by Gasteiger charge is -2.12. The fraction of sp³-hybridized carbons (Fsp3) is 0.214. The second-order valence-electron chi connectivity index (χ2n) is 8.22. The van der Waals surface area contributed by atoms with Crippen molar-refractivity contribution in [3.63, 3.8) is 0 Å². The maximum absolute atomic E-state index is 12.5. The van der Waals surface area contributed by atoms with Gasteiger partial charge in [-0.15, -0.1) is 0 Å². The molecule has 1 unspecified atom stereocenters. The molecule has 0 fully saturated rings. The van der Waals surface area contributed by atoms with E-state index >= 15 is 0 Å². The first kappa shape index (κ1) is 25.6. The summed E-state index contributed by atoms with van der Waals surface area (Å²) in [5, 5.41) is 6.31. The number of hydrogen-bond donors (Lipinski definition) is 3. The lowest BCUT2D eigenvalue weighted by molar-refractivity contribution is -0.0373. The maximum Gasteiger partial charge on any atom is 0.287 e. The summed E-state index contributed by atoms with van der Waals surface area (Å²) in [4.78, 5) is 25.0. The number of rotatable bonds is 11. The molecule has 4 N–H and O–H groups in total. The molecular weight excluding hydrogens is 474 g/mol. The number of methoxy groups -OCH3 is 1. The lowest BCUT2D eigenvalue weighted by atomic mass is 10.2. The van der Waals surface area contributed by atoms with E-state index in [-0.39, 0.29) is 17.6 Å². The van der Waals surface area contributed by atoms with Crippen LogP contribution in [0.5, 0.6) is 11.5 Å². The average molecular weight is 504 g/mol. The summed E-state index contributed by atoms with van der Waals surface area (Å²) >= 11 is 0. The van der Waals surface area contributed by atoms with Crippen LogP contribution in [-0.2, 0) is 4.74 Å². The third-order valence-corrected chi connectivity index (χ3v) is 5.57. The summed E-state index contributed by atoms with van der Waals surface area (Å²) in [7, 11) is 1.56. The van der Waals surface area contributed by atoms with E-state index in [9.17, 15) is 9.59 Å². The van der Waals surface area contributed by atoms with Gasteiger partial charge in [0.05, 0.1) is 23.4 Å². The van der Waals surface area contributed by atoms with Crippen LogP contribution in [0.1, 0.15) is 34.3 Å². The van der Waals surface area contributed by atoms with Crippen LogP contribution in [0.3, 0.4) is 0 Å². The van der Waals surface area contributed by atoms with Crippen LogP contribution in [0, 0.1) is 0 Å². The Labute approximate surface area is 214 Å². The Morgan fingerprint density at radius 3 is 2.54 bits per heavy atom. The molecule has 0 spiro atoms. The summed E-state index contributed by atoms with van der Waals surface area (Å²) in [6, 6.07) is 20.9. The van der Waals surface area contributed by atoms with Gasteiger partial charge in [-0.2, -0.15) is 0 Å². The van der Waals surface area contributed by atoms with Crippen molar-refractivity contribution in [2.24, 2.45) is 0 Å². The number of nitrogens with one attached hydrogen (secondary N) is 2.